The molecule has 0 atom stereocenters. The second-order valence-corrected chi connectivity index (χ2v) is 6.74. The Kier molecular flexibility index (Phi) is 6.00. The first-order valence-electron chi connectivity index (χ1n) is 9.36. The standard InChI is InChI=1S/C24H23F3/c1-3-5-6-8-16-9-11-17(12-10-16)20-14-13-18-15-19(7-4-2)22(25)24(27)21(18)23(20)26/h3,5,9-15H,4,6-8H2,1-2H3/b5-3+. The van der Waals surface area contributed by atoms with Crippen LogP contribution in [0.2, 0.25) is 0 Å². The molecule has 0 aromatic heterocycles. The van der Waals surface area contributed by atoms with Crippen LogP contribution in [0.1, 0.15) is 37.8 Å². The van der Waals surface area contributed by atoms with Crippen molar-refractivity contribution in [2.24, 2.45) is 0 Å². The minimum Gasteiger partial charge on any atom is -0.206 e. The Bertz CT molecular complexity index is 969. The van der Waals surface area contributed by atoms with Gasteiger partial charge in [0.05, 0.1) is 5.39 Å². The van der Waals surface area contributed by atoms with Crippen LogP contribution in [0.5, 0.6) is 0 Å². The lowest BCUT2D eigenvalue weighted by Crippen LogP contribution is -1.99. The predicted octanol–water partition coefficient (Wildman–Crippen LogP) is 7.39. The molecule has 3 heteroatoms. The Morgan fingerprint density at radius 1 is 0.852 bits per heavy atom. The number of halogens is 3. The number of fused-ring (bicyclic) bond motifs is 1. The van der Waals surface area contributed by atoms with E-state index in [1.807, 2.05) is 44.2 Å². The van der Waals surface area contributed by atoms with Gasteiger partial charge in [0, 0.05) is 5.56 Å². The molecule has 3 aromatic rings. The van der Waals surface area contributed by atoms with Crippen LogP contribution < -0.4 is 0 Å². The summed E-state index contributed by atoms with van der Waals surface area (Å²) in [5.41, 5.74) is 2.38. The molecule has 0 amide bonds. The zero-order valence-corrected chi connectivity index (χ0v) is 15.7. The Morgan fingerprint density at radius 2 is 1.59 bits per heavy atom. The Balaban J connectivity index is 2.02. The summed E-state index contributed by atoms with van der Waals surface area (Å²) in [5, 5.41) is 0.114. The van der Waals surface area contributed by atoms with Crippen molar-refractivity contribution < 1.29 is 13.2 Å². The number of rotatable bonds is 6. The van der Waals surface area contributed by atoms with Gasteiger partial charge < -0.3 is 0 Å². The highest BCUT2D eigenvalue weighted by Crippen LogP contribution is 2.33. The number of hydrogen-bond acceptors (Lipinski definition) is 0. The van der Waals surface area contributed by atoms with Crippen LogP contribution in [-0.2, 0) is 12.8 Å². The quantitative estimate of drug-likeness (QED) is 0.398. The van der Waals surface area contributed by atoms with Gasteiger partial charge in [-0.15, -0.1) is 0 Å². The van der Waals surface area contributed by atoms with E-state index in [1.54, 1.807) is 18.2 Å². The maximum atomic E-state index is 15.0. The van der Waals surface area contributed by atoms with Gasteiger partial charge in [-0.05, 0) is 54.3 Å². The van der Waals surface area contributed by atoms with E-state index in [-0.39, 0.29) is 10.9 Å². The topological polar surface area (TPSA) is 0 Å². The summed E-state index contributed by atoms with van der Waals surface area (Å²) in [6, 6.07) is 12.4. The maximum absolute atomic E-state index is 15.0. The lowest BCUT2D eigenvalue weighted by Gasteiger charge is -2.11. The van der Waals surface area contributed by atoms with E-state index in [4.69, 9.17) is 0 Å². The van der Waals surface area contributed by atoms with E-state index in [2.05, 4.69) is 6.08 Å². The van der Waals surface area contributed by atoms with Gasteiger partial charge in [-0.25, -0.2) is 13.2 Å². The molecule has 0 saturated carbocycles. The van der Waals surface area contributed by atoms with Gasteiger partial charge in [0.25, 0.3) is 0 Å². The molecule has 140 valence electrons. The Labute approximate surface area is 158 Å². The van der Waals surface area contributed by atoms with Crippen molar-refractivity contribution in [3.8, 4) is 11.1 Å². The summed E-state index contributed by atoms with van der Waals surface area (Å²) < 4.78 is 43.9. The third-order valence-corrected chi connectivity index (χ3v) is 4.82. The molecule has 0 N–H and O–H groups in total. The van der Waals surface area contributed by atoms with E-state index in [0.717, 1.165) is 18.4 Å². The lowest BCUT2D eigenvalue weighted by atomic mass is 9.96. The van der Waals surface area contributed by atoms with E-state index < -0.39 is 17.5 Å². The first-order chi connectivity index (χ1) is 13.1. The van der Waals surface area contributed by atoms with Crippen LogP contribution in [0, 0.1) is 17.5 Å². The normalized spacial score (nSPS) is 11.6. The van der Waals surface area contributed by atoms with Gasteiger partial charge >= 0.3 is 0 Å². The Morgan fingerprint density at radius 3 is 2.26 bits per heavy atom. The SMILES string of the molecule is C/C=C/CCc1ccc(-c2ccc3cc(CCC)c(F)c(F)c3c2F)cc1. The van der Waals surface area contributed by atoms with Crippen LogP contribution in [0.15, 0.2) is 54.6 Å². The molecule has 0 fully saturated rings. The molecular weight excluding hydrogens is 345 g/mol. The molecular formula is C24H23F3. The van der Waals surface area contributed by atoms with Crippen LogP contribution in [0.25, 0.3) is 21.9 Å². The highest BCUT2D eigenvalue weighted by Gasteiger charge is 2.19. The summed E-state index contributed by atoms with van der Waals surface area (Å²) in [6.45, 7) is 3.88. The van der Waals surface area contributed by atoms with Crippen LogP contribution in [-0.4, -0.2) is 0 Å². The molecule has 0 saturated heterocycles. The fourth-order valence-electron chi connectivity index (χ4n) is 3.38. The monoisotopic (exact) mass is 368 g/mol. The average Bonchev–Trinajstić information content (AvgIpc) is 2.67. The molecule has 0 aliphatic carbocycles. The summed E-state index contributed by atoms with van der Waals surface area (Å²) in [6.07, 6.45) is 7.09. The van der Waals surface area contributed by atoms with Crippen LogP contribution in [0.4, 0.5) is 13.2 Å². The molecule has 0 nitrogen and oxygen atoms in total. The van der Waals surface area contributed by atoms with E-state index in [9.17, 15) is 8.78 Å². The van der Waals surface area contributed by atoms with Crippen molar-refractivity contribution in [1.29, 1.82) is 0 Å². The van der Waals surface area contributed by atoms with Crippen LogP contribution >= 0.6 is 0 Å². The number of benzene rings is 3. The minimum absolute atomic E-state index is 0.276. The lowest BCUT2D eigenvalue weighted by molar-refractivity contribution is 0.502. The maximum Gasteiger partial charge on any atom is 0.169 e. The fraction of sp³-hybridized carbons (Fsp3) is 0.250. The van der Waals surface area contributed by atoms with E-state index >= 15 is 4.39 Å². The summed E-state index contributed by atoms with van der Waals surface area (Å²) in [4.78, 5) is 0. The van der Waals surface area contributed by atoms with Gasteiger partial charge in [0.1, 0.15) is 5.82 Å². The molecule has 0 bridgehead atoms. The Hall–Kier alpha value is -2.55. The van der Waals surface area contributed by atoms with Crippen molar-refractivity contribution in [2.75, 3.05) is 0 Å². The second-order valence-electron chi connectivity index (χ2n) is 6.74. The van der Waals surface area contributed by atoms with Gasteiger partial charge in [-0.1, -0.05) is 61.9 Å². The first-order valence-corrected chi connectivity index (χ1v) is 9.36. The molecule has 0 aliphatic rings. The first kappa shape index (κ1) is 19.2. The van der Waals surface area contributed by atoms with Crippen molar-refractivity contribution >= 4 is 10.8 Å². The van der Waals surface area contributed by atoms with Crippen LogP contribution in [0.3, 0.4) is 0 Å². The molecule has 0 aliphatic heterocycles. The highest BCUT2D eigenvalue weighted by atomic mass is 19.2. The van der Waals surface area contributed by atoms with Gasteiger partial charge in [-0.3, -0.25) is 0 Å². The molecule has 3 rings (SSSR count). The molecule has 0 spiro atoms. The summed E-state index contributed by atoms with van der Waals surface area (Å²) >= 11 is 0. The smallest absolute Gasteiger partial charge is 0.169 e. The van der Waals surface area contributed by atoms with Crippen molar-refractivity contribution in [1.82, 2.24) is 0 Å². The molecule has 3 aromatic carbocycles. The molecule has 0 heterocycles. The fourth-order valence-corrected chi connectivity index (χ4v) is 3.38. The van der Waals surface area contributed by atoms with Crippen molar-refractivity contribution in [2.45, 2.75) is 39.5 Å². The predicted molar refractivity (Wildman–Crippen MR) is 106 cm³/mol. The minimum atomic E-state index is -1.10. The molecule has 0 radical (unpaired) electrons. The zero-order valence-electron chi connectivity index (χ0n) is 15.7. The second kappa shape index (κ2) is 8.43. The van der Waals surface area contributed by atoms with E-state index in [0.29, 0.717) is 29.4 Å². The summed E-state index contributed by atoms with van der Waals surface area (Å²) in [7, 11) is 0. The van der Waals surface area contributed by atoms with Crippen molar-refractivity contribution in [3.63, 3.8) is 0 Å². The number of allylic oxidation sites excluding steroid dienone is 2. The van der Waals surface area contributed by atoms with Gasteiger partial charge in [0.15, 0.2) is 11.6 Å². The molecule has 0 unspecified atom stereocenters. The van der Waals surface area contributed by atoms with Gasteiger partial charge in [0.2, 0.25) is 0 Å². The summed E-state index contributed by atoms with van der Waals surface area (Å²) in [5.74, 6) is -2.76. The average molecular weight is 368 g/mol. The third-order valence-electron chi connectivity index (χ3n) is 4.82. The van der Waals surface area contributed by atoms with Crippen molar-refractivity contribution in [3.05, 3.63) is 83.2 Å². The largest absolute Gasteiger partial charge is 0.206 e. The van der Waals surface area contributed by atoms with Gasteiger partial charge in [-0.2, -0.15) is 0 Å². The number of aryl methyl sites for hydroxylation is 2. The zero-order chi connectivity index (χ0) is 19.4. The van der Waals surface area contributed by atoms with E-state index in [1.165, 1.54) is 0 Å². The number of hydrogen-bond donors (Lipinski definition) is 0. The molecule has 27 heavy (non-hydrogen) atoms. The highest BCUT2D eigenvalue weighted by molar-refractivity contribution is 5.89. The third kappa shape index (κ3) is 3.92.